The van der Waals surface area contributed by atoms with Crippen molar-refractivity contribution in [1.82, 2.24) is 20.2 Å². The Morgan fingerprint density at radius 3 is 2.48 bits per heavy atom. The zero-order valence-electron chi connectivity index (χ0n) is 13.6. The minimum atomic E-state index is -0.343. The molecule has 0 saturated carbocycles. The van der Waals surface area contributed by atoms with Gasteiger partial charge >= 0.3 is 0 Å². The predicted octanol–water partition coefficient (Wildman–Crippen LogP) is 3.69. The number of tetrazole rings is 1. The summed E-state index contributed by atoms with van der Waals surface area (Å²) in [5.74, 6) is 0.739. The molecule has 0 saturated heterocycles. The first-order chi connectivity index (χ1) is 12.1. The lowest BCUT2D eigenvalue weighted by Gasteiger charge is -2.10. The van der Waals surface area contributed by atoms with E-state index in [0.29, 0.717) is 15.7 Å². The summed E-state index contributed by atoms with van der Waals surface area (Å²) in [6.07, 6.45) is 0. The fourth-order valence-corrected chi connectivity index (χ4v) is 3.21. The van der Waals surface area contributed by atoms with Crippen LogP contribution in [0.15, 0.2) is 53.7 Å². The van der Waals surface area contributed by atoms with Crippen molar-refractivity contribution in [3.8, 4) is 11.4 Å². The number of hydrogen-bond acceptors (Lipinski definition) is 6. The zero-order valence-corrected chi connectivity index (χ0v) is 15.2. The summed E-state index contributed by atoms with van der Waals surface area (Å²) in [6, 6.07) is 14.2. The van der Waals surface area contributed by atoms with Crippen molar-refractivity contribution in [1.29, 1.82) is 0 Å². The molecular weight excluding hydrogens is 360 g/mol. The number of thioether (sulfide) groups is 1. The largest absolute Gasteiger partial charge is 0.497 e. The number of carbonyl (C=O) groups is 1. The third-order valence-corrected chi connectivity index (χ3v) is 4.82. The minimum Gasteiger partial charge on any atom is -0.497 e. The van der Waals surface area contributed by atoms with E-state index in [2.05, 4.69) is 15.5 Å². The summed E-state index contributed by atoms with van der Waals surface area (Å²) < 4.78 is 6.74. The summed E-state index contributed by atoms with van der Waals surface area (Å²) in [4.78, 5) is 12.6. The SMILES string of the molecule is COc1ccc(-n2nnnc2S[C@@H](C)C(=O)c2ccc(Cl)cc2)cc1. The van der Waals surface area contributed by atoms with Gasteiger partial charge in [0.1, 0.15) is 5.75 Å². The second kappa shape index (κ2) is 7.67. The molecule has 0 fully saturated rings. The average Bonchev–Trinajstić information content (AvgIpc) is 3.10. The Hall–Kier alpha value is -2.38. The summed E-state index contributed by atoms with van der Waals surface area (Å²) in [5, 5.41) is 12.5. The second-order valence-corrected chi connectivity index (χ2v) is 6.95. The molecule has 0 unspecified atom stereocenters. The molecule has 128 valence electrons. The Kier molecular flexibility index (Phi) is 5.35. The topological polar surface area (TPSA) is 69.9 Å². The molecule has 0 aliphatic rings. The Morgan fingerprint density at radius 1 is 1.16 bits per heavy atom. The molecule has 1 heterocycles. The van der Waals surface area contributed by atoms with Crippen LogP contribution in [-0.2, 0) is 0 Å². The fourth-order valence-electron chi connectivity index (χ4n) is 2.20. The maximum Gasteiger partial charge on any atom is 0.214 e. The molecule has 0 spiro atoms. The van der Waals surface area contributed by atoms with Crippen LogP contribution in [0.25, 0.3) is 5.69 Å². The third kappa shape index (κ3) is 4.00. The second-order valence-electron chi connectivity index (χ2n) is 5.20. The maximum absolute atomic E-state index is 12.6. The molecule has 0 aliphatic heterocycles. The van der Waals surface area contributed by atoms with E-state index in [1.807, 2.05) is 31.2 Å². The number of ether oxygens (including phenoxy) is 1. The summed E-state index contributed by atoms with van der Waals surface area (Å²) in [7, 11) is 1.61. The van der Waals surface area contributed by atoms with Crippen LogP contribution in [0.4, 0.5) is 0 Å². The molecule has 8 heteroatoms. The molecule has 0 bridgehead atoms. The lowest BCUT2D eigenvalue weighted by Crippen LogP contribution is -2.14. The molecule has 2 aromatic carbocycles. The number of nitrogens with zero attached hydrogens (tertiary/aromatic N) is 4. The Balaban J connectivity index is 1.78. The van der Waals surface area contributed by atoms with Gasteiger partial charge in [-0.15, -0.1) is 5.10 Å². The van der Waals surface area contributed by atoms with Gasteiger partial charge in [0.2, 0.25) is 5.16 Å². The molecule has 3 aromatic rings. The molecule has 0 amide bonds. The highest BCUT2D eigenvalue weighted by Crippen LogP contribution is 2.26. The van der Waals surface area contributed by atoms with Crippen LogP contribution in [0, 0.1) is 0 Å². The molecule has 0 N–H and O–H groups in total. The number of aromatic nitrogens is 4. The van der Waals surface area contributed by atoms with Crippen LogP contribution in [0.2, 0.25) is 5.02 Å². The van der Waals surface area contributed by atoms with Gasteiger partial charge in [-0.2, -0.15) is 4.68 Å². The van der Waals surface area contributed by atoms with Gasteiger partial charge in [-0.25, -0.2) is 0 Å². The standard InChI is InChI=1S/C17H15ClN4O2S/c1-11(16(23)12-3-5-13(18)6-4-12)25-17-19-20-21-22(17)14-7-9-15(24-2)10-8-14/h3-11H,1-2H3/t11-/m0/s1. The highest BCUT2D eigenvalue weighted by atomic mass is 35.5. The quantitative estimate of drug-likeness (QED) is 0.484. The van der Waals surface area contributed by atoms with Crippen molar-refractivity contribution in [2.45, 2.75) is 17.3 Å². The molecule has 1 atom stereocenters. The maximum atomic E-state index is 12.6. The van der Waals surface area contributed by atoms with Crippen LogP contribution in [0.1, 0.15) is 17.3 Å². The van der Waals surface area contributed by atoms with Crippen molar-refractivity contribution in [2.75, 3.05) is 7.11 Å². The molecule has 25 heavy (non-hydrogen) atoms. The Labute approximate surface area is 154 Å². The van der Waals surface area contributed by atoms with E-state index in [-0.39, 0.29) is 11.0 Å². The van der Waals surface area contributed by atoms with E-state index < -0.39 is 0 Å². The Bertz CT molecular complexity index is 865. The van der Waals surface area contributed by atoms with E-state index in [1.165, 1.54) is 11.8 Å². The summed E-state index contributed by atoms with van der Waals surface area (Å²) in [5.41, 5.74) is 1.40. The Morgan fingerprint density at radius 2 is 1.84 bits per heavy atom. The first kappa shape index (κ1) is 17.4. The minimum absolute atomic E-state index is 0.00838. The van der Waals surface area contributed by atoms with Crippen LogP contribution < -0.4 is 4.74 Å². The van der Waals surface area contributed by atoms with Gasteiger partial charge < -0.3 is 4.74 Å². The number of carbonyl (C=O) groups excluding carboxylic acids is 1. The highest BCUT2D eigenvalue weighted by Gasteiger charge is 2.20. The van der Waals surface area contributed by atoms with Crippen LogP contribution in [0.3, 0.4) is 0 Å². The van der Waals surface area contributed by atoms with Gasteiger partial charge in [0.15, 0.2) is 5.78 Å². The number of methoxy groups -OCH3 is 1. The molecule has 1 aromatic heterocycles. The number of benzene rings is 2. The monoisotopic (exact) mass is 374 g/mol. The molecule has 3 rings (SSSR count). The number of Topliss-reactive ketones (excluding diaryl/α,β-unsaturated/α-hetero) is 1. The number of hydrogen-bond donors (Lipinski definition) is 0. The van der Waals surface area contributed by atoms with Gasteiger partial charge in [0, 0.05) is 10.6 Å². The number of ketones is 1. The fraction of sp³-hybridized carbons (Fsp3) is 0.176. The van der Waals surface area contributed by atoms with E-state index in [1.54, 1.807) is 36.1 Å². The van der Waals surface area contributed by atoms with Crippen LogP contribution in [-0.4, -0.2) is 38.4 Å². The van der Waals surface area contributed by atoms with Gasteiger partial charge in [0.25, 0.3) is 0 Å². The van der Waals surface area contributed by atoms with E-state index in [4.69, 9.17) is 16.3 Å². The first-order valence-electron chi connectivity index (χ1n) is 7.47. The van der Waals surface area contributed by atoms with Crippen molar-refractivity contribution in [3.05, 3.63) is 59.1 Å². The van der Waals surface area contributed by atoms with Crippen LogP contribution >= 0.6 is 23.4 Å². The molecule has 0 aliphatic carbocycles. The highest BCUT2D eigenvalue weighted by molar-refractivity contribution is 8.00. The van der Waals surface area contributed by atoms with Gasteiger partial charge in [-0.1, -0.05) is 23.4 Å². The number of halogens is 1. The van der Waals surface area contributed by atoms with Gasteiger partial charge in [-0.05, 0) is 65.9 Å². The summed E-state index contributed by atoms with van der Waals surface area (Å²) in [6.45, 7) is 1.83. The lowest BCUT2D eigenvalue weighted by atomic mass is 10.1. The number of rotatable bonds is 6. The van der Waals surface area contributed by atoms with Crippen LogP contribution in [0.5, 0.6) is 5.75 Å². The van der Waals surface area contributed by atoms with Crippen molar-refractivity contribution in [2.24, 2.45) is 0 Å². The van der Waals surface area contributed by atoms with Gasteiger partial charge in [-0.3, -0.25) is 4.79 Å². The normalized spacial score (nSPS) is 12.0. The first-order valence-corrected chi connectivity index (χ1v) is 8.73. The van der Waals surface area contributed by atoms with E-state index >= 15 is 0 Å². The lowest BCUT2D eigenvalue weighted by molar-refractivity contribution is 0.0994. The van der Waals surface area contributed by atoms with Gasteiger partial charge in [0.05, 0.1) is 18.0 Å². The zero-order chi connectivity index (χ0) is 17.8. The molecule has 0 radical (unpaired) electrons. The molecular formula is C17H15ClN4O2S. The average molecular weight is 375 g/mol. The van der Waals surface area contributed by atoms with E-state index in [0.717, 1.165) is 11.4 Å². The van der Waals surface area contributed by atoms with E-state index in [9.17, 15) is 4.79 Å². The van der Waals surface area contributed by atoms with Crippen molar-refractivity contribution in [3.63, 3.8) is 0 Å². The molecule has 6 nitrogen and oxygen atoms in total. The smallest absolute Gasteiger partial charge is 0.214 e. The summed E-state index contributed by atoms with van der Waals surface area (Å²) >= 11 is 7.17. The van der Waals surface area contributed by atoms with Crippen molar-refractivity contribution >= 4 is 29.1 Å². The van der Waals surface area contributed by atoms with Crippen molar-refractivity contribution < 1.29 is 9.53 Å². The predicted molar refractivity (Wildman–Crippen MR) is 96.8 cm³/mol. The third-order valence-electron chi connectivity index (χ3n) is 3.54.